The highest BCUT2D eigenvalue weighted by Crippen LogP contribution is 2.23. The Morgan fingerprint density at radius 3 is 2.71 bits per heavy atom. The molecule has 1 aromatic carbocycles. The molecule has 0 spiro atoms. The first-order valence-electron chi connectivity index (χ1n) is 5.84. The van der Waals surface area contributed by atoms with Gasteiger partial charge in [-0.1, -0.05) is 18.2 Å². The van der Waals surface area contributed by atoms with Gasteiger partial charge in [0.05, 0.1) is 5.75 Å². The number of nitrogens with one attached hydrogen (secondary N) is 1. The van der Waals surface area contributed by atoms with Gasteiger partial charge in [0.2, 0.25) is 0 Å². The Morgan fingerprint density at radius 2 is 2.06 bits per heavy atom. The molecule has 1 fully saturated rings. The molecule has 17 heavy (non-hydrogen) atoms. The molecule has 1 N–H and O–H groups in total. The summed E-state index contributed by atoms with van der Waals surface area (Å²) in [5.74, 6) is 0.416. The van der Waals surface area contributed by atoms with Crippen molar-refractivity contribution in [3.8, 4) is 5.75 Å². The fraction of sp³-hybridized carbons (Fsp3) is 0.500. The van der Waals surface area contributed by atoms with E-state index in [9.17, 15) is 8.42 Å². The van der Waals surface area contributed by atoms with Gasteiger partial charge in [0.15, 0.2) is 0 Å². The molecule has 0 atom stereocenters. The Morgan fingerprint density at radius 1 is 1.35 bits per heavy atom. The van der Waals surface area contributed by atoms with Gasteiger partial charge >= 0.3 is 10.1 Å². The average Bonchev–Trinajstić information content (AvgIpc) is 3.11. The molecule has 1 saturated carbocycles. The van der Waals surface area contributed by atoms with E-state index in [1.807, 2.05) is 12.1 Å². The molecule has 0 saturated heterocycles. The molecule has 0 bridgehead atoms. The zero-order chi connectivity index (χ0) is 12.3. The lowest BCUT2D eigenvalue weighted by atomic mass is 10.2. The van der Waals surface area contributed by atoms with Crippen LogP contribution >= 0.6 is 0 Å². The van der Waals surface area contributed by atoms with Gasteiger partial charge in [-0.2, -0.15) is 8.42 Å². The number of benzene rings is 1. The van der Waals surface area contributed by atoms with E-state index in [0.29, 0.717) is 18.3 Å². The van der Waals surface area contributed by atoms with Gasteiger partial charge < -0.3 is 9.50 Å². The van der Waals surface area contributed by atoms with Gasteiger partial charge in [0.25, 0.3) is 0 Å². The molecule has 2 rings (SSSR count). The second-order valence-electron chi connectivity index (χ2n) is 4.19. The zero-order valence-electron chi connectivity index (χ0n) is 9.85. The highest BCUT2D eigenvalue weighted by molar-refractivity contribution is 7.87. The predicted molar refractivity (Wildman–Crippen MR) is 66.4 cm³/mol. The fourth-order valence-corrected chi connectivity index (χ4v) is 2.02. The second kappa shape index (κ2) is 5.06. The van der Waals surface area contributed by atoms with Crippen LogP contribution < -0.4 is 9.50 Å². The van der Waals surface area contributed by atoms with Crippen molar-refractivity contribution in [1.29, 1.82) is 0 Å². The monoisotopic (exact) mass is 255 g/mol. The minimum absolute atomic E-state index is 0.0165. The summed E-state index contributed by atoms with van der Waals surface area (Å²) in [5.41, 5.74) is 0.886. The van der Waals surface area contributed by atoms with E-state index in [0.717, 1.165) is 5.56 Å². The summed E-state index contributed by atoms with van der Waals surface area (Å²) in [7, 11) is -3.45. The minimum atomic E-state index is -3.45. The van der Waals surface area contributed by atoms with Crippen molar-refractivity contribution >= 4 is 10.1 Å². The summed E-state index contributed by atoms with van der Waals surface area (Å²) in [5, 5.41) is 3.34. The lowest BCUT2D eigenvalue weighted by Gasteiger charge is -2.10. The Balaban J connectivity index is 2.08. The SMILES string of the molecule is CCS(=O)(=O)Oc1ccccc1CNC1CC1. The molecule has 94 valence electrons. The number of rotatable bonds is 6. The highest BCUT2D eigenvalue weighted by atomic mass is 32.2. The molecule has 0 amide bonds. The Hall–Kier alpha value is -1.07. The quantitative estimate of drug-likeness (QED) is 0.786. The van der Waals surface area contributed by atoms with Crippen LogP contribution in [0.4, 0.5) is 0 Å². The first-order chi connectivity index (χ1) is 8.11. The molecule has 1 aliphatic carbocycles. The van der Waals surface area contributed by atoms with Crippen molar-refractivity contribution in [3.05, 3.63) is 29.8 Å². The Labute approximate surface area is 102 Å². The van der Waals surface area contributed by atoms with E-state index in [-0.39, 0.29) is 5.75 Å². The van der Waals surface area contributed by atoms with Crippen LogP contribution in [0.15, 0.2) is 24.3 Å². The van der Waals surface area contributed by atoms with E-state index >= 15 is 0 Å². The summed E-state index contributed by atoms with van der Waals surface area (Å²) < 4.78 is 27.9. The van der Waals surface area contributed by atoms with Crippen molar-refractivity contribution in [2.24, 2.45) is 0 Å². The normalized spacial score (nSPS) is 15.8. The maximum atomic E-state index is 11.4. The maximum absolute atomic E-state index is 11.4. The highest BCUT2D eigenvalue weighted by Gasteiger charge is 2.21. The number of para-hydroxylation sites is 1. The van der Waals surface area contributed by atoms with E-state index in [1.54, 1.807) is 19.1 Å². The topological polar surface area (TPSA) is 55.4 Å². The smallest absolute Gasteiger partial charge is 0.308 e. The average molecular weight is 255 g/mol. The van der Waals surface area contributed by atoms with Crippen LogP contribution in [0.1, 0.15) is 25.3 Å². The summed E-state index contributed by atoms with van der Waals surface area (Å²) >= 11 is 0. The molecule has 0 radical (unpaired) electrons. The molecular weight excluding hydrogens is 238 g/mol. The molecule has 0 heterocycles. The Bertz CT molecular complexity index is 480. The van der Waals surface area contributed by atoms with Crippen LogP contribution in [0.2, 0.25) is 0 Å². The van der Waals surface area contributed by atoms with E-state index in [1.165, 1.54) is 12.8 Å². The number of hydrogen-bond acceptors (Lipinski definition) is 4. The van der Waals surface area contributed by atoms with Gasteiger partial charge in [0.1, 0.15) is 5.75 Å². The molecule has 5 heteroatoms. The standard InChI is InChI=1S/C12H17NO3S/c1-2-17(14,15)16-12-6-4-3-5-10(12)9-13-11-7-8-11/h3-6,11,13H,2,7-9H2,1H3. The first kappa shape index (κ1) is 12.4. The second-order valence-corrected chi connectivity index (χ2v) is 6.05. The third-order valence-corrected chi connectivity index (χ3v) is 3.84. The van der Waals surface area contributed by atoms with E-state index < -0.39 is 10.1 Å². The summed E-state index contributed by atoms with van der Waals surface area (Å²) in [6.07, 6.45) is 2.41. The molecule has 0 aliphatic heterocycles. The maximum Gasteiger partial charge on any atom is 0.308 e. The van der Waals surface area contributed by atoms with Crippen molar-refractivity contribution in [2.75, 3.05) is 5.75 Å². The summed E-state index contributed by atoms with van der Waals surface area (Å²) in [4.78, 5) is 0. The van der Waals surface area contributed by atoms with Crippen molar-refractivity contribution in [1.82, 2.24) is 5.32 Å². The fourth-order valence-electron chi connectivity index (χ4n) is 1.47. The molecule has 1 aliphatic rings. The predicted octanol–water partition coefficient (Wildman–Crippen LogP) is 1.67. The van der Waals surface area contributed by atoms with Crippen LogP contribution in [0.5, 0.6) is 5.75 Å². The number of hydrogen-bond donors (Lipinski definition) is 1. The summed E-state index contributed by atoms with van der Waals surface area (Å²) in [6.45, 7) is 2.22. The van der Waals surface area contributed by atoms with Crippen LogP contribution in [-0.2, 0) is 16.7 Å². The Kier molecular flexibility index (Phi) is 3.69. The largest absolute Gasteiger partial charge is 0.382 e. The molecule has 1 aromatic rings. The van der Waals surface area contributed by atoms with Crippen LogP contribution in [0.25, 0.3) is 0 Å². The lowest BCUT2D eigenvalue weighted by Crippen LogP contribution is -2.18. The minimum Gasteiger partial charge on any atom is -0.382 e. The van der Waals surface area contributed by atoms with E-state index in [4.69, 9.17) is 4.18 Å². The van der Waals surface area contributed by atoms with Crippen molar-refractivity contribution < 1.29 is 12.6 Å². The lowest BCUT2D eigenvalue weighted by molar-refractivity contribution is 0.482. The van der Waals surface area contributed by atoms with Gasteiger partial charge in [-0.3, -0.25) is 0 Å². The van der Waals surface area contributed by atoms with Gasteiger partial charge in [-0.05, 0) is 25.8 Å². The van der Waals surface area contributed by atoms with Crippen LogP contribution in [0.3, 0.4) is 0 Å². The van der Waals surface area contributed by atoms with Crippen molar-refractivity contribution in [2.45, 2.75) is 32.4 Å². The van der Waals surface area contributed by atoms with Crippen LogP contribution in [0, 0.1) is 0 Å². The third-order valence-electron chi connectivity index (χ3n) is 2.70. The molecule has 4 nitrogen and oxygen atoms in total. The summed E-state index contributed by atoms with van der Waals surface area (Å²) in [6, 6.07) is 7.83. The molecule has 0 unspecified atom stereocenters. The van der Waals surface area contributed by atoms with Gasteiger partial charge in [0, 0.05) is 18.2 Å². The zero-order valence-corrected chi connectivity index (χ0v) is 10.7. The van der Waals surface area contributed by atoms with Crippen molar-refractivity contribution in [3.63, 3.8) is 0 Å². The third kappa shape index (κ3) is 3.71. The van der Waals surface area contributed by atoms with Gasteiger partial charge in [-0.25, -0.2) is 0 Å². The van der Waals surface area contributed by atoms with Crippen LogP contribution in [-0.4, -0.2) is 20.2 Å². The van der Waals surface area contributed by atoms with E-state index in [2.05, 4.69) is 5.32 Å². The first-order valence-corrected chi connectivity index (χ1v) is 7.42. The molecular formula is C12H17NO3S. The van der Waals surface area contributed by atoms with Gasteiger partial charge in [-0.15, -0.1) is 0 Å². The molecule has 0 aromatic heterocycles.